The largest absolute Gasteiger partial charge is 0.416 e. The molecule has 1 saturated heterocycles. The van der Waals surface area contributed by atoms with Crippen LogP contribution in [0.25, 0.3) is 0 Å². The zero-order valence-electron chi connectivity index (χ0n) is 12.0. The zero-order valence-corrected chi connectivity index (χ0v) is 12.0. The van der Waals surface area contributed by atoms with Crippen LogP contribution in [-0.4, -0.2) is 29.2 Å². The summed E-state index contributed by atoms with van der Waals surface area (Å²) in [5, 5.41) is 20.8. The minimum absolute atomic E-state index is 0.0457. The van der Waals surface area contributed by atoms with E-state index >= 15 is 0 Å². The van der Waals surface area contributed by atoms with E-state index in [1.807, 2.05) is 0 Å². The molecule has 0 aromatic heterocycles. The average Bonchev–Trinajstić information content (AvgIpc) is 2.45. The molecule has 1 aliphatic rings. The van der Waals surface area contributed by atoms with Crippen LogP contribution in [0.2, 0.25) is 0 Å². The Labute approximate surface area is 125 Å². The van der Waals surface area contributed by atoms with Crippen molar-refractivity contribution in [1.82, 2.24) is 0 Å². The smallest absolute Gasteiger partial charge is 0.393 e. The molecule has 2 rings (SSSR count). The van der Waals surface area contributed by atoms with Crippen LogP contribution in [0.4, 0.5) is 24.5 Å². The van der Waals surface area contributed by atoms with Gasteiger partial charge in [0.05, 0.1) is 16.6 Å². The minimum atomic E-state index is -4.62. The number of rotatable bonds is 3. The van der Waals surface area contributed by atoms with Gasteiger partial charge in [0.1, 0.15) is 5.69 Å². The number of nitrogens with zero attached hydrogens (tertiary/aromatic N) is 2. The predicted octanol–water partition coefficient (Wildman–Crippen LogP) is 3.21. The van der Waals surface area contributed by atoms with Crippen molar-refractivity contribution in [3.05, 3.63) is 33.9 Å². The molecule has 2 atom stereocenters. The number of halogens is 3. The third-order valence-corrected chi connectivity index (χ3v) is 3.98. The van der Waals surface area contributed by atoms with Crippen LogP contribution in [0, 0.1) is 16.0 Å². The van der Waals surface area contributed by atoms with Gasteiger partial charge in [0.25, 0.3) is 5.69 Å². The van der Waals surface area contributed by atoms with E-state index in [-0.39, 0.29) is 11.6 Å². The second-order valence-corrected chi connectivity index (χ2v) is 5.55. The molecule has 2 unspecified atom stereocenters. The van der Waals surface area contributed by atoms with Crippen LogP contribution >= 0.6 is 0 Å². The van der Waals surface area contributed by atoms with Crippen molar-refractivity contribution in [1.29, 1.82) is 0 Å². The van der Waals surface area contributed by atoms with Crippen molar-refractivity contribution >= 4 is 11.4 Å². The molecule has 22 heavy (non-hydrogen) atoms. The van der Waals surface area contributed by atoms with Crippen molar-refractivity contribution in [2.24, 2.45) is 5.92 Å². The molecule has 122 valence electrons. The van der Waals surface area contributed by atoms with E-state index in [1.165, 1.54) is 0 Å². The van der Waals surface area contributed by atoms with E-state index in [0.29, 0.717) is 19.2 Å². The van der Waals surface area contributed by atoms with Gasteiger partial charge in [-0.2, -0.15) is 13.2 Å². The van der Waals surface area contributed by atoms with Crippen LogP contribution < -0.4 is 4.90 Å². The summed E-state index contributed by atoms with van der Waals surface area (Å²) in [5.74, 6) is -0.0457. The molecule has 0 aliphatic carbocycles. The summed E-state index contributed by atoms with van der Waals surface area (Å²) < 4.78 is 38.1. The number of nitro groups is 1. The van der Waals surface area contributed by atoms with Crippen LogP contribution in [0.5, 0.6) is 0 Å². The van der Waals surface area contributed by atoms with E-state index in [0.717, 1.165) is 25.0 Å². The lowest BCUT2D eigenvalue weighted by Gasteiger charge is -2.35. The molecule has 1 N–H and O–H groups in total. The lowest BCUT2D eigenvalue weighted by molar-refractivity contribution is -0.384. The van der Waals surface area contributed by atoms with Crippen molar-refractivity contribution in [2.75, 3.05) is 18.0 Å². The summed E-state index contributed by atoms with van der Waals surface area (Å²) in [6.45, 7) is 2.56. The molecule has 0 radical (unpaired) electrons. The molecule has 1 aromatic carbocycles. The SMILES string of the molecule is CC(O)C1CCCN(c2ccc(C(F)(F)F)cc2[N+](=O)[O-])C1. The van der Waals surface area contributed by atoms with Crippen LogP contribution in [0.15, 0.2) is 18.2 Å². The van der Waals surface area contributed by atoms with Gasteiger partial charge in [0.2, 0.25) is 0 Å². The number of nitro benzene ring substituents is 1. The quantitative estimate of drug-likeness (QED) is 0.686. The Bertz CT molecular complexity index is 561. The van der Waals surface area contributed by atoms with E-state index in [1.54, 1.807) is 11.8 Å². The fourth-order valence-corrected chi connectivity index (χ4v) is 2.74. The Morgan fingerprint density at radius 2 is 2.14 bits per heavy atom. The topological polar surface area (TPSA) is 66.6 Å². The first-order valence-electron chi connectivity index (χ1n) is 6.99. The number of hydrogen-bond donors (Lipinski definition) is 1. The highest BCUT2D eigenvalue weighted by molar-refractivity contribution is 5.65. The Kier molecular flexibility index (Phi) is 4.60. The number of benzene rings is 1. The lowest BCUT2D eigenvalue weighted by atomic mass is 9.93. The summed E-state index contributed by atoms with van der Waals surface area (Å²) in [6.07, 6.45) is -3.65. The molecule has 0 amide bonds. The van der Waals surface area contributed by atoms with Crippen LogP contribution in [-0.2, 0) is 6.18 Å². The molecule has 0 spiro atoms. The van der Waals surface area contributed by atoms with Crippen LogP contribution in [0.1, 0.15) is 25.3 Å². The summed E-state index contributed by atoms with van der Waals surface area (Å²) in [5.41, 5.74) is -1.42. The zero-order chi connectivity index (χ0) is 16.5. The van der Waals surface area contributed by atoms with E-state index < -0.39 is 28.5 Å². The molecule has 1 aliphatic heterocycles. The molecule has 0 saturated carbocycles. The number of anilines is 1. The highest BCUT2D eigenvalue weighted by Gasteiger charge is 2.34. The second kappa shape index (κ2) is 6.12. The van der Waals surface area contributed by atoms with Gasteiger partial charge < -0.3 is 10.0 Å². The van der Waals surface area contributed by atoms with Gasteiger partial charge >= 0.3 is 6.18 Å². The standard InChI is InChI=1S/C14H17F3N2O3/c1-9(20)10-3-2-6-18(8-10)12-5-4-11(14(15,16)17)7-13(12)19(21)22/h4-5,7,9-10,20H,2-3,6,8H2,1H3. The monoisotopic (exact) mass is 318 g/mol. The first-order chi connectivity index (χ1) is 10.2. The number of alkyl halides is 3. The van der Waals surface area contributed by atoms with Crippen molar-refractivity contribution in [3.8, 4) is 0 Å². The molecular formula is C14H17F3N2O3. The van der Waals surface area contributed by atoms with Gasteiger partial charge in [-0.25, -0.2) is 0 Å². The normalized spacial score (nSPS) is 20.8. The summed E-state index contributed by atoms with van der Waals surface area (Å²) in [6, 6.07) is 2.57. The third kappa shape index (κ3) is 3.49. The van der Waals surface area contributed by atoms with Gasteiger partial charge in [-0.15, -0.1) is 0 Å². The maximum Gasteiger partial charge on any atom is 0.416 e. The fourth-order valence-electron chi connectivity index (χ4n) is 2.74. The van der Waals surface area contributed by atoms with Gasteiger partial charge in [-0.1, -0.05) is 0 Å². The Morgan fingerprint density at radius 3 is 2.68 bits per heavy atom. The maximum atomic E-state index is 12.7. The minimum Gasteiger partial charge on any atom is -0.393 e. The summed E-state index contributed by atoms with van der Waals surface area (Å²) in [4.78, 5) is 12.0. The predicted molar refractivity (Wildman–Crippen MR) is 74.7 cm³/mol. The van der Waals surface area contributed by atoms with Crippen molar-refractivity contribution in [2.45, 2.75) is 32.0 Å². The Hall–Kier alpha value is -1.83. The summed E-state index contributed by atoms with van der Waals surface area (Å²) in [7, 11) is 0. The van der Waals surface area contributed by atoms with E-state index in [4.69, 9.17) is 0 Å². The summed E-state index contributed by atoms with van der Waals surface area (Å²) >= 11 is 0. The van der Waals surface area contributed by atoms with Crippen molar-refractivity contribution in [3.63, 3.8) is 0 Å². The number of aliphatic hydroxyl groups is 1. The van der Waals surface area contributed by atoms with E-state index in [9.17, 15) is 28.4 Å². The van der Waals surface area contributed by atoms with Gasteiger partial charge in [0, 0.05) is 25.1 Å². The molecule has 0 bridgehead atoms. The average molecular weight is 318 g/mol. The highest BCUT2D eigenvalue weighted by atomic mass is 19.4. The molecular weight excluding hydrogens is 301 g/mol. The van der Waals surface area contributed by atoms with Crippen molar-refractivity contribution < 1.29 is 23.2 Å². The molecule has 1 heterocycles. The highest BCUT2D eigenvalue weighted by Crippen LogP contribution is 2.37. The number of aliphatic hydroxyl groups excluding tert-OH is 1. The first-order valence-corrected chi connectivity index (χ1v) is 6.99. The number of hydrogen-bond acceptors (Lipinski definition) is 4. The molecule has 1 aromatic rings. The van der Waals surface area contributed by atoms with Crippen LogP contribution in [0.3, 0.4) is 0 Å². The lowest BCUT2D eigenvalue weighted by Crippen LogP contribution is -2.39. The first kappa shape index (κ1) is 16.5. The molecule has 8 heteroatoms. The Balaban J connectivity index is 2.36. The van der Waals surface area contributed by atoms with E-state index in [2.05, 4.69) is 0 Å². The maximum absolute atomic E-state index is 12.7. The molecule has 5 nitrogen and oxygen atoms in total. The van der Waals surface area contributed by atoms with Gasteiger partial charge in [0.15, 0.2) is 0 Å². The second-order valence-electron chi connectivity index (χ2n) is 5.55. The number of piperidine rings is 1. The van der Waals surface area contributed by atoms with Gasteiger partial charge in [-0.3, -0.25) is 10.1 Å². The Morgan fingerprint density at radius 1 is 1.45 bits per heavy atom. The fraction of sp³-hybridized carbons (Fsp3) is 0.571. The molecule has 1 fully saturated rings. The van der Waals surface area contributed by atoms with Gasteiger partial charge in [-0.05, 0) is 31.9 Å². The third-order valence-electron chi connectivity index (χ3n) is 3.98.